The number of carbonyl (C=O) groups is 1. The lowest BCUT2D eigenvalue weighted by molar-refractivity contribution is 0.0968. The molecule has 1 saturated heterocycles. The Balaban J connectivity index is 1.93. The summed E-state index contributed by atoms with van der Waals surface area (Å²) in [7, 11) is 1.67. The summed E-state index contributed by atoms with van der Waals surface area (Å²) < 4.78 is 0. The lowest BCUT2D eigenvalue weighted by Gasteiger charge is -2.26. The van der Waals surface area contributed by atoms with Crippen LogP contribution in [0.1, 0.15) is 66.1 Å². The number of nitrogens with one attached hydrogen (secondary N) is 1. The van der Waals surface area contributed by atoms with Gasteiger partial charge in [0.05, 0.1) is 10.7 Å². The van der Waals surface area contributed by atoms with Crippen molar-refractivity contribution in [2.24, 2.45) is 0 Å². The van der Waals surface area contributed by atoms with E-state index in [1.807, 2.05) is 0 Å². The van der Waals surface area contributed by atoms with Gasteiger partial charge in [0.15, 0.2) is 0 Å². The molecule has 5 heteroatoms. The van der Waals surface area contributed by atoms with Gasteiger partial charge in [-0.15, -0.1) is 11.3 Å². The molecule has 0 radical (unpaired) electrons. The van der Waals surface area contributed by atoms with E-state index in [2.05, 4.69) is 10.2 Å². The topological polar surface area (TPSA) is 58.4 Å². The Morgan fingerprint density at radius 3 is 2.38 bits per heavy atom. The fourth-order valence-electron chi connectivity index (χ4n) is 3.18. The molecule has 0 bridgehead atoms. The summed E-state index contributed by atoms with van der Waals surface area (Å²) in [4.78, 5) is 15.2. The fraction of sp³-hybridized carbons (Fsp3) is 0.688. The van der Waals surface area contributed by atoms with Crippen molar-refractivity contribution < 1.29 is 4.79 Å². The highest BCUT2D eigenvalue weighted by molar-refractivity contribution is 7.18. The minimum Gasteiger partial charge on any atom is -0.397 e. The average Bonchev–Trinajstić information content (AvgIpc) is 3.22. The molecule has 1 amide bonds. The number of amides is 1. The van der Waals surface area contributed by atoms with Crippen molar-refractivity contribution >= 4 is 27.9 Å². The highest BCUT2D eigenvalue weighted by Crippen LogP contribution is 2.52. The summed E-state index contributed by atoms with van der Waals surface area (Å²) >= 11 is 1.60. The summed E-state index contributed by atoms with van der Waals surface area (Å²) in [6.07, 6.45) is 8.93. The van der Waals surface area contributed by atoms with Crippen LogP contribution in [0, 0.1) is 0 Å². The highest BCUT2D eigenvalue weighted by Gasteiger charge is 2.34. The van der Waals surface area contributed by atoms with Gasteiger partial charge in [0.25, 0.3) is 5.91 Å². The maximum Gasteiger partial charge on any atom is 0.263 e. The predicted octanol–water partition coefficient (Wildman–Crippen LogP) is 3.34. The Bertz CT molecular complexity index is 514. The van der Waals surface area contributed by atoms with Gasteiger partial charge in [-0.25, -0.2) is 0 Å². The second-order valence-electron chi connectivity index (χ2n) is 6.17. The summed E-state index contributed by atoms with van der Waals surface area (Å²) in [5, 5.41) is 3.99. The SMILES string of the molecule is CNC(=O)c1sc(N2CCCCCCC2)c(C2CC2)c1N. The monoisotopic (exact) mass is 307 g/mol. The van der Waals surface area contributed by atoms with Crippen molar-refractivity contribution in [3.05, 3.63) is 10.4 Å². The molecule has 2 heterocycles. The van der Waals surface area contributed by atoms with Gasteiger partial charge in [0.1, 0.15) is 4.88 Å². The third kappa shape index (κ3) is 3.03. The van der Waals surface area contributed by atoms with E-state index in [1.165, 1.54) is 55.5 Å². The van der Waals surface area contributed by atoms with E-state index < -0.39 is 0 Å². The number of thiophene rings is 1. The lowest BCUT2D eigenvalue weighted by atomic mass is 10.1. The van der Waals surface area contributed by atoms with Crippen LogP contribution >= 0.6 is 11.3 Å². The number of rotatable bonds is 3. The zero-order chi connectivity index (χ0) is 14.8. The summed E-state index contributed by atoms with van der Waals surface area (Å²) in [5.41, 5.74) is 8.32. The zero-order valence-electron chi connectivity index (χ0n) is 12.8. The molecular formula is C16H25N3OS. The predicted molar refractivity (Wildman–Crippen MR) is 89.4 cm³/mol. The number of hydrogen-bond acceptors (Lipinski definition) is 4. The summed E-state index contributed by atoms with van der Waals surface area (Å²) in [5.74, 6) is 0.540. The van der Waals surface area contributed by atoms with Crippen LogP contribution in [0.15, 0.2) is 0 Å². The number of carbonyl (C=O) groups excluding carboxylic acids is 1. The minimum atomic E-state index is -0.0438. The van der Waals surface area contributed by atoms with Gasteiger partial charge in [-0.2, -0.15) is 0 Å². The van der Waals surface area contributed by atoms with Gasteiger partial charge >= 0.3 is 0 Å². The van der Waals surface area contributed by atoms with Crippen molar-refractivity contribution in [1.29, 1.82) is 0 Å². The van der Waals surface area contributed by atoms with Crippen LogP contribution in [-0.4, -0.2) is 26.0 Å². The third-order valence-corrected chi connectivity index (χ3v) is 5.81. The first-order valence-corrected chi connectivity index (χ1v) is 8.93. The molecule has 0 aromatic carbocycles. The van der Waals surface area contributed by atoms with E-state index in [9.17, 15) is 4.79 Å². The average molecular weight is 307 g/mol. The standard InChI is InChI=1S/C16H25N3OS/c1-18-15(20)14-13(17)12(11-7-8-11)16(21-14)19-9-5-3-2-4-6-10-19/h11H,2-10,17H2,1H3,(H,18,20). The molecule has 1 aromatic heterocycles. The van der Waals surface area contributed by atoms with E-state index in [4.69, 9.17) is 5.73 Å². The van der Waals surface area contributed by atoms with Crippen LogP contribution in [0.25, 0.3) is 0 Å². The molecule has 2 fully saturated rings. The van der Waals surface area contributed by atoms with Crippen molar-refractivity contribution in [3.63, 3.8) is 0 Å². The van der Waals surface area contributed by atoms with Crippen LogP contribution in [0.3, 0.4) is 0 Å². The van der Waals surface area contributed by atoms with Gasteiger partial charge in [0, 0.05) is 25.7 Å². The number of nitrogens with two attached hydrogens (primary N) is 1. The van der Waals surface area contributed by atoms with E-state index in [-0.39, 0.29) is 5.91 Å². The van der Waals surface area contributed by atoms with Crippen molar-refractivity contribution in [2.75, 3.05) is 30.8 Å². The van der Waals surface area contributed by atoms with E-state index in [0.29, 0.717) is 10.8 Å². The number of nitrogens with zero attached hydrogens (tertiary/aromatic N) is 1. The van der Waals surface area contributed by atoms with E-state index >= 15 is 0 Å². The number of nitrogen functional groups attached to an aromatic ring is 1. The largest absolute Gasteiger partial charge is 0.397 e. The van der Waals surface area contributed by atoms with E-state index in [1.54, 1.807) is 18.4 Å². The summed E-state index contributed by atoms with van der Waals surface area (Å²) in [6, 6.07) is 0. The molecule has 1 aliphatic heterocycles. The van der Waals surface area contributed by atoms with Crippen LogP contribution in [0.5, 0.6) is 0 Å². The molecule has 1 aliphatic carbocycles. The Kier molecular flexibility index (Phi) is 4.38. The normalized spacial score (nSPS) is 20.0. The number of hydrogen-bond donors (Lipinski definition) is 2. The molecule has 1 saturated carbocycles. The smallest absolute Gasteiger partial charge is 0.263 e. The number of anilines is 2. The van der Waals surface area contributed by atoms with Crippen LogP contribution < -0.4 is 16.0 Å². The Hall–Kier alpha value is -1.23. The molecule has 0 spiro atoms. The van der Waals surface area contributed by atoms with Gasteiger partial charge in [0.2, 0.25) is 0 Å². The molecule has 116 valence electrons. The molecule has 3 rings (SSSR count). The van der Waals surface area contributed by atoms with Gasteiger partial charge in [-0.05, 0) is 31.6 Å². The minimum absolute atomic E-state index is 0.0438. The first-order chi connectivity index (χ1) is 10.2. The molecule has 0 unspecified atom stereocenters. The molecule has 1 aromatic rings. The van der Waals surface area contributed by atoms with Gasteiger partial charge in [-0.3, -0.25) is 4.79 Å². The van der Waals surface area contributed by atoms with Crippen molar-refractivity contribution in [3.8, 4) is 0 Å². The second-order valence-corrected chi connectivity index (χ2v) is 7.17. The molecule has 21 heavy (non-hydrogen) atoms. The summed E-state index contributed by atoms with van der Waals surface area (Å²) in [6.45, 7) is 2.21. The zero-order valence-corrected chi connectivity index (χ0v) is 13.6. The second kappa shape index (κ2) is 6.26. The lowest BCUT2D eigenvalue weighted by Crippen LogP contribution is -2.27. The third-order valence-electron chi connectivity index (χ3n) is 4.53. The first kappa shape index (κ1) is 14.7. The quantitative estimate of drug-likeness (QED) is 0.900. The van der Waals surface area contributed by atoms with Crippen molar-refractivity contribution in [1.82, 2.24) is 5.32 Å². The molecule has 4 nitrogen and oxygen atoms in total. The van der Waals surface area contributed by atoms with Crippen LogP contribution in [0.4, 0.5) is 10.7 Å². The van der Waals surface area contributed by atoms with Crippen LogP contribution in [0.2, 0.25) is 0 Å². The van der Waals surface area contributed by atoms with Gasteiger partial charge < -0.3 is 16.0 Å². The Labute approximate surface area is 130 Å². The van der Waals surface area contributed by atoms with Crippen molar-refractivity contribution in [2.45, 2.75) is 50.9 Å². The molecule has 2 aliphatic rings. The molecule has 3 N–H and O–H groups in total. The maximum absolute atomic E-state index is 12.0. The first-order valence-electron chi connectivity index (χ1n) is 8.11. The maximum atomic E-state index is 12.0. The van der Waals surface area contributed by atoms with Gasteiger partial charge in [-0.1, -0.05) is 19.3 Å². The Morgan fingerprint density at radius 1 is 1.19 bits per heavy atom. The molecular weight excluding hydrogens is 282 g/mol. The highest BCUT2D eigenvalue weighted by atomic mass is 32.1. The van der Waals surface area contributed by atoms with Crippen LogP contribution in [-0.2, 0) is 0 Å². The fourth-order valence-corrected chi connectivity index (χ4v) is 4.48. The molecule has 0 atom stereocenters. The Morgan fingerprint density at radius 2 is 1.81 bits per heavy atom. The van der Waals surface area contributed by atoms with E-state index in [0.717, 1.165) is 18.8 Å².